The Labute approximate surface area is 253 Å². The molecule has 0 bridgehead atoms. The predicted molar refractivity (Wildman–Crippen MR) is 159 cm³/mol. The van der Waals surface area contributed by atoms with E-state index in [1.54, 1.807) is 84.9 Å². The van der Waals surface area contributed by atoms with Gasteiger partial charge in [-0.05, 0) is 70.8 Å². The molecule has 0 heterocycles. The lowest BCUT2D eigenvalue weighted by molar-refractivity contribution is -0.136. The highest BCUT2D eigenvalue weighted by atomic mass is 16.5. The van der Waals surface area contributed by atoms with Crippen LogP contribution >= 0.6 is 0 Å². The molecule has 0 fully saturated rings. The van der Waals surface area contributed by atoms with E-state index in [9.17, 15) is 24.0 Å². The summed E-state index contributed by atoms with van der Waals surface area (Å²) < 4.78 is 16.1. The fraction of sp³-hybridized carbons (Fsp3) is 0.147. The van der Waals surface area contributed by atoms with Crippen molar-refractivity contribution in [3.8, 4) is 17.2 Å². The van der Waals surface area contributed by atoms with Gasteiger partial charge in [-0.1, -0.05) is 48.5 Å². The van der Waals surface area contributed by atoms with Crippen molar-refractivity contribution < 1.29 is 43.3 Å². The van der Waals surface area contributed by atoms with Gasteiger partial charge in [0.15, 0.2) is 0 Å². The monoisotopic (exact) mass is 595 g/mol. The Hall–Kier alpha value is -5.77. The number of carboxylic acid groups (broad SMARTS) is 1. The zero-order valence-electron chi connectivity index (χ0n) is 23.8. The number of ether oxygens (including phenoxy) is 3. The van der Waals surface area contributed by atoms with Crippen molar-refractivity contribution in [1.29, 1.82) is 0 Å². The van der Waals surface area contributed by atoms with Gasteiger partial charge in [-0.15, -0.1) is 0 Å². The second-order valence-electron chi connectivity index (χ2n) is 9.83. The third-order valence-electron chi connectivity index (χ3n) is 6.14. The van der Waals surface area contributed by atoms with E-state index in [0.29, 0.717) is 39.6 Å². The number of rotatable bonds is 12. The minimum atomic E-state index is -0.945. The molecule has 4 aromatic carbocycles. The van der Waals surface area contributed by atoms with Crippen LogP contribution in [0.3, 0.4) is 0 Å². The number of benzene rings is 4. The number of hydrogen-bond donors (Lipinski definition) is 2. The van der Waals surface area contributed by atoms with E-state index < -0.39 is 23.9 Å². The van der Waals surface area contributed by atoms with E-state index in [-0.39, 0.29) is 31.6 Å². The zero-order valence-corrected chi connectivity index (χ0v) is 23.8. The highest BCUT2D eigenvalue weighted by molar-refractivity contribution is 5.88. The minimum absolute atomic E-state index is 0.00575. The Morgan fingerprint density at radius 3 is 1.09 bits per heavy atom. The van der Waals surface area contributed by atoms with Crippen LogP contribution in [0.2, 0.25) is 0 Å². The van der Waals surface area contributed by atoms with Crippen LogP contribution < -0.4 is 19.5 Å². The summed E-state index contributed by atoms with van der Waals surface area (Å²) in [5, 5.41) is 11.5. The molecular formula is C34H29NO9. The van der Waals surface area contributed by atoms with Crippen LogP contribution in [-0.4, -0.2) is 34.9 Å². The summed E-state index contributed by atoms with van der Waals surface area (Å²) in [6, 6.07) is 26.1. The Balaban J connectivity index is 1.20. The summed E-state index contributed by atoms with van der Waals surface area (Å²) >= 11 is 0. The highest BCUT2D eigenvalue weighted by Gasteiger charge is 2.12. The lowest BCUT2D eigenvalue weighted by Crippen LogP contribution is -2.13. The molecule has 44 heavy (non-hydrogen) atoms. The fourth-order valence-corrected chi connectivity index (χ4v) is 4.11. The molecule has 4 rings (SSSR count). The topological polar surface area (TPSA) is 145 Å². The molecule has 10 heteroatoms. The molecule has 224 valence electrons. The molecule has 0 radical (unpaired) electrons. The van der Waals surface area contributed by atoms with E-state index in [2.05, 4.69) is 5.32 Å². The average molecular weight is 596 g/mol. The van der Waals surface area contributed by atoms with Crippen molar-refractivity contribution in [1.82, 2.24) is 0 Å². The normalized spacial score (nSPS) is 10.4. The van der Waals surface area contributed by atoms with Gasteiger partial charge in [0.1, 0.15) is 17.2 Å². The molecular weight excluding hydrogens is 566 g/mol. The lowest BCUT2D eigenvalue weighted by atomic mass is 10.1. The number of amides is 1. The molecule has 0 aromatic heterocycles. The molecule has 1 amide bonds. The second-order valence-corrected chi connectivity index (χ2v) is 9.83. The number of hydrogen-bond acceptors (Lipinski definition) is 8. The minimum Gasteiger partial charge on any atom is -0.481 e. The van der Waals surface area contributed by atoms with Gasteiger partial charge in [-0.2, -0.15) is 0 Å². The molecule has 0 spiro atoms. The molecule has 0 unspecified atom stereocenters. The number of nitrogens with one attached hydrogen (secondary N) is 1. The van der Waals surface area contributed by atoms with Crippen molar-refractivity contribution in [2.45, 2.75) is 32.6 Å². The second kappa shape index (κ2) is 14.9. The first-order chi connectivity index (χ1) is 21.1. The number of carbonyl (C=O) groups is 5. The number of aliphatic carboxylic acids is 1. The van der Waals surface area contributed by atoms with Crippen molar-refractivity contribution in [2.75, 3.05) is 5.32 Å². The van der Waals surface area contributed by atoms with Gasteiger partial charge in [0, 0.05) is 12.6 Å². The third kappa shape index (κ3) is 10.3. The summed E-state index contributed by atoms with van der Waals surface area (Å²) in [5.74, 6) is -1.59. The fourth-order valence-electron chi connectivity index (χ4n) is 4.11. The number of carbonyl (C=O) groups excluding carboxylic acids is 4. The van der Waals surface area contributed by atoms with Crippen LogP contribution in [0.5, 0.6) is 17.2 Å². The first kappa shape index (κ1) is 31.2. The van der Waals surface area contributed by atoms with E-state index in [1.807, 2.05) is 0 Å². The summed E-state index contributed by atoms with van der Waals surface area (Å²) in [7, 11) is 0. The largest absolute Gasteiger partial charge is 0.481 e. The number of anilines is 1. The highest BCUT2D eigenvalue weighted by Crippen LogP contribution is 2.18. The Kier molecular flexibility index (Phi) is 10.6. The summed E-state index contributed by atoms with van der Waals surface area (Å²) in [5.41, 5.74) is 3.29. The number of carboxylic acids is 1. The molecule has 0 atom stereocenters. The lowest BCUT2D eigenvalue weighted by Gasteiger charge is -2.08. The van der Waals surface area contributed by atoms with Crippen molar-refractivity contribution in [3.63, 3.8) is 0 Å². The molecule has 10 nitrogen and oxygen atoms in total. The molecule has 0 saturated carbocycles. The van der Waals surface area contributed by atoms with Gasteiger partial charge in [0.05, 0.1) is 25.7 Å². The van der Waals surface area contributed by atoms with Crippen molar-refractivity contribution >= 4 is 35.5 Å². The van der Waals surface area contributed by atoms with Gasteiger partial charge in [0.2, 0.25) is 5.91 Å². The molecule has 0 saturated heterocycles. The summed E-state index contributed by atoms with van der Waals surface area (Å²) in [6.07, 6.45) is -0.0741. The molecule has 0 aliphatic heterocycles. The van der Waals surface area contributed by atoms with Gasteiger partial charge in [0.25, 0.3) is 0 Å². The van der Waals surface area contributed by atoms with Crippen LogP contribution in [0.25, 0.3) is 0 Å². The van der Waals surface area contributed by atoms with Gasteiger partial charge in [-0.3, -0.25) is 24.0 Å². The van der Waals surface area contributed by atoms with E-state index >= 15 is 0 Å². The van der Waals surface area contributed by atoms with Crippen LogP contribution in [0, 0.1) is 0 Å². The first-order valence-electron chi connectivity index (χ1n) is 13.6. The number of esters is 3. The van der Waals surface area contributed by atoms with Crippen LogP contribution in [-0.2, 0) is 49.7 Å². The predicted octanol–water partition coefficient (Wildman–Crippen LogP) is 4.72. The Morgan fingerprint density at radius 2 is 0.795 bits per heavy atom. The molecule has 0 aliphatic carbocycles. The van der Waals surface area contributed by atoms with Crippen LogP contribution in [0.1, 0.15) is 29.2 Å². The van der Waals surface area contributed by atoms with Crippen LogP contribution in [0.15, 0.2) is 97.1 Å². The van der Waals surface area contributed by atoms with Gasteiger partial charge < -0.3 is 24.6 Å². The molecule has 0 aliphatic rings. The summed E-state index contributed by atoms with van der Waals surface area (Å²) in [4.78, 5) is 58.9. The third-order valence-corrected chi connectivity index (χ3v) is 6.14. The maximum atomic E-state index is 12.4. The van der Waals surface area contributed by atoms with E-state index in [0.717, 1.165) is 5.56 Å². The van der Waals surface area contributed by atoms with Crippen LogP contribution in [0.4, 0.5) is 5.69 Å². The quantitative estimate of drug-likeness (QED) is 0.176. The maximum absolute atomic E-state index is 12.4. The molecule has 2 N–H and O–H groups in total. The molecule has 4 aromatic rings. The van der Waals surface area contributed by atoms with E-state index in [4.69, 9.17) is 19.3 Å². The standard InChI is InChI=1S/C34H29NO9/c1-22(36)35-27-10-2-24(3-11-27)19-32(39)43-29-14-6-26(7-15-29)21-34(41)44-30-16-8-25(9-17-30)20-33(40)42-28-12-4-23(5-13-28)18-31(37)38/h2-17H,18-21H2,1H3,(H,35,36)(H,37,38). The smallest absolute Gasteiger partial charge is 0.315 e. The Morgan fingerprint density at radius 1 is 0.500 bits per heavy atom. The van der Waals surface area contributed by atoms with Crippen molar-refractivity contribution in [3.05, 3.63) is 119 Å². The average Bonchev–Trinajstić information content (AvgIpc) is 2.96. The Bertz CT molecular complexity index is 1500. The van der Waals surface area contributed by atoms with E-state index in [1.165, 1.54) is 19.1 Å². The SMILES string of the molecule is CC(=O)Nc1ccc(CC(=O)Oc2ccc(CC(=O)Oc3ccc(CC(=O)Oc4ccc(CC(=O)O)cc4)cc3)cc2)cc1. The zero-order chi connectivity index (χ0) is 31.5. The van der Waals surface area contributed by atoms with Crippen molar-refractivity contribution in [2.24, 2.45) is 0 Å². The van der Waals surface area contributed by atoms with Gasteiger partial charge in [-0.25, -0.2) is 0 Å². The maximum Gasteiger partial charge on any atom is 0.315 e. The first-order valence-corrected chi connectivity index (χ1v) is 13.6. The summed E-state index contributed by atoms with van der Waals surface area (Å²) in [6.45, 7) is 1.42. The van der Waals surface area contributed by atoms with Gasteiger partial charge >= 0.3 is 23.9 Å².